The lowest BCUT2D eigenvalue weighted by Crippen LogP contribution is -2.49. The summed E-state index contributed by atoms with van der Waals surface area (Å²) in [4.78, 5) is 25.1. The summed E-state index contributed by atoms with van der Waals surface area (Å²) in [7, 11) is -2.15. The minimum atomic E-state index is -3.70. The molecule has 0 spiro atoms. The third-order valence-corrected chi connectivity index (χ3v) is 7.78. The zero-order valence-electron chi connectivity index (χ0n) is 17.7. The molecular formula is C20H24N6O5S. The van der Waals surface area contributed by atoms with Crippen LogP contribution in [0.3, 0.4) is 0 Å². The summed E-state index contributed by atoms with van der Waals surface area (Å²) in [5, 5.41) is 0. The molecule has 32 heavy (non-hydrogen) atoms. The Labute approximate surface area is 184 Å². The van der Waals surface area contributed by atoms with Crippen molar-refractivity contribution in [3.8, 4) is 0 Å². The molecule has 0 atom stereocenters. The van der Waals surface area contributed by atoms with Gasteiger partial charge in [0.15, 0.2) is 5.58 Å². The predicted octanol–water partition coefficient (Wildman–Crippen LogP) is 0.269. The smallest absolute Gasteiger partial charge is 0.408 e. The van der Waals surface area contributed by atoms with E-state index in [0.29, 0.717) is 56.4 Å². The zero-order chi connectivity index (χ0) is 22.3. The molecule has 0 N–H and O–H groups in total. The van der Waals surface area contributed by atoms with Crippen LogP contribution in [0.15, 0.2) is 44.6 Å². The van der Waals surface area contributed by atoms with Gasteiger partial charge >= 0.3 is 5.76 Å². The number of nitrogens with zero attached hydrogens (tertiary/aromatic N) is 6. The highest BCUT2D eigenvalue weighted by Crippen LogP contribution is 2.24. The third-order valence-electron chi connectivity index (χ3n) is 5.89. The van der Waals surface area contributed by atoms with Crippen molar-refractivity contribution in [2.24, 2.45) is 7.05 Å². The van der Waals surface area contributed by atoms with Crippen molar-refractivity contribution in [2.45, 2.75) is 4.90 Å². The number of anilines is 2. The summed E-state index contributed by atoms with van der Waals surface area (Å²) >= 11 is 0. The second-order valence-electron chi connectivity index (χ2n) is 7.76. The number of sulfonamides is 1. The van der Waals surface area contributed by atoms with Crippen molar-refractivity contribution in [3.05, 3.63) is 41.0 Å². The van der Waals surface area contributed by atoms with Gasteiger partial charge in [-0.15, -0.1) is 0 Å². The maximum atomic E-state index is 13.2. The average Bonchev–Trinajstić information content (AvgIpc) is 3.12. The van der Waals surface area contributed by atoms with Crippen LogP contribution in [0, 0.1) is 0 Å². The molecule has 0 saturated carbocycles. The van der Waals surface area contributed by atoms with Crippen LogP contribution in [0.1, 0.15) is 0 Å². The largest absolute Gasteiger partial charge is 0.419 e. The average molecular weight is 461 g/mol. The molecule has 0 amide bonds. The Balaban J connectivity index is 1.31. The number of piperazine rings is 1. The third kappa shape index (κ3) is 3.74. The summed E-state index contributed by atoms with van der Waals surface area (Å²) in [6.45, 7) is 4.52. The Morgan fingerprint density at radius 3 is 2.47 bits per heavy atom. The molecule has 0 unspecified atom stereocenters. The lowest BCUT2D eigenvalue weighted by molar-refractivity contribution is 0.122. The van der Waals surface area contributed by atoms with Crippen molar-refractivity contribution in [1.82, 2.24) is 18.8 Å². The number of fused-ring (bicyclic) bond motifs is 1. The number of morpholine rings is 1. The molecule has 0 bridgehead atoms. The van der Waals surface area contributed by atoms with Gasteiger partial charge in [0.1, 0.15) is 5.82 Å². The van der Waals surface area contributed by atoms with E-state index in [-0.39, 0.29) is 4.90 Å². The van der Waals surface area contributed by atoms with E-state index < -0.39 is 15.8 Å². The minimum absolute atomic E-state index is 0.145. The van der Waals surface area contributed by atoms with Crippen LogP contribution in [-0.2, 0) is 21.8 Å². The van der Waals surface area contributed by atoms with Gasteiger partial charge in [-0.25, -0.2) is 18.2 Å². The van der Waals surface area contributed by atoms with Gasteiger partial charge in [0.25, 0.3) is 0 Å². The maximum absolute atomic E-state index is 13.2. The summed E-state index contributed by atoms with van der Waals surface area (Å²) in [6.07, 6.45) is 1.74. The highest BCUT2D eigenvalue weighted by Gasteiger charge is 2.30. The van der Waals surface area contributed by atoms with Gasteiger partial charge < -0.3 is 19.0 Å². The number of rotatable bonds is 4. The number of ether oxygens (including phenoxy) is 1. The van der Waals surface area contributed by atoms with E-state index in [1.165, 1.54) is 27.1 Å². The van der Waals surface area contributed by atoms with Gasteiger partial charge in [-0.2, -0.15) is 9.29 Å². The Morgan fingerprint density at radius 2 is 1.72 bits per heavy atom. The fraction of sp³-hybridized carbons (Fsp3) is 0.450. The molecule has 170 valence electrons. The van der Waals surface area contributed by atoms with Crippen LogP contribution < -0.4 is 15.6 Å². The molecule has 11 nitrogen and oxygen atoms in total. The van der Waals surface area contributed by atoms with Crippen molar-refractivity contribution < 1.29 is 17.6 Å². The molecule has 2 aliphatic heterocycles. The molecule has 1 aromatic carbocycles. The predicted molar refractivity (Wildman–Crippen MR) is 117 cm³/mol. The van der Waals surface area contributed by atoms with Crippen molar-refractivity contribution in [1.29, 1.82) is 0 Å². The number of hydrogen-bond donors (Lipinski definition) is 0. The maximum Gasteiger partial charge on any atom is 0.419 e. The zero-order valence-corrected chi connectivity index (χ0v) is 18.5. The van der Waals surface area contributed by atoms with Gasteiger partial charge in [-0.3, -0.25) is 4.57 Å². The Morgan fingerprint density at radius 1 is 0.969 bits per heavy atom. The van der Waals surface area contributed by atoms with Crippen molar-refractivity contribution >= 4 is 32.9 Å². The molecule has 2 saturated heterocycles. The van der Waals surface area contributed by atoms with E-state index in [1.54, 1.807) is 13.2 Å². The van der Waals surface area contributed by atoms with Gasteiger partial charge in [0.2, 0.25) is 16.0 Å². The first-order valence-electron chi connectivity index (χ1n) is 10.4. The van der Waals surface area contributed by atoms with Crippen LogP contribution >= 0.6 is 0 Å². The molecular weight excluding hydrogens is 436 g/mol. The van der Waals surface area contributed by atoms with E-state index >= 15 is 0 Å². The first kappa shape index (κ1) is 20.9. The first-order chi connectivity index (χ1) is 15.4. The van der Waals surface area contributed by atoms with Crippen LogP contribution in [-0.4, -0.2) is 79.7 Å². The van der Waals surface area contributed by atoms with Crippen LogP contribution in [0.5, 0.6) is 0 Å². The number of oxazole rings is 1. The highest BCUT2D eigenvalue weighted by atomic mass is 32.2. The Kier molecular flexibility index (Phi) is 5.35. The molecule has 0 radical (unpaired) electrons. The fourth-order valence-corrected chi connectivity index (χ4v) is 5.45. The van der Waals surface area contributed by atoms with Gasteiger partial charge in [0.05, 0.1) is 23.6 Å². The molecule has 3 aromatic rings. The monoisotopic (exact) mass is 460 g/mol. The quantitative estimate of drug-likeness (QED) is 0.541. The molecule has 0 aliphatic carbocycles. The van der Waals surface area contributed by atoms with E-state index in [4.69, 9.17) is 9.15 Å². The summed E-state index contributed by atoms with van der Waals surface area (Å²) in [6, 6.07) is 6.34. The van der Waals surface area contributed by atoms with Crippen LogP contribution in [0.2, 0.25) is 0 Å². The standard InChI is InChI=1S/C20H24N6O5S/c1-23-16-14-15(2-3-17(16)31-20(23)27)32(28,29)26-8-6-24(7-9-26)18-4-5-21-19(22-18)25-10-12-30-13-11-25/h2-5,14H,6-13H2,1H3. The molecule has 2 fully saturated rings. The molecule has 4 heterocycles. The summed E-state index contributed by atoms with van der Waals surface area (Å²) < 4.78 is 39.6. The molecule has 2 aromatic heterocycles. The van der Waals surface area contributed by atoms with E-state index in [2.05, 4.69) is 19.8 Å². The number of benzene rings is 1. The Bertz CT molecular complexity index is 1290. The SMILES string of the molecule is Cn1c(=O)oc2ccc(S(=O)(=O)N3CCN(c4ccnc(N5CCOCC5)n4)CC3)cc21. The van der Waals surface area contributed by atoms with Gasteiger partial charge in [-0.1, -0.05) is 0 Å². The van der Waals surface area contributed by atoms with Crippen molar-refractivity contribution in [3.63, 3.8) is 0 Å². The number of aryl methyl sites for hydroxylation is 1. The number of hydrogen-bond acceptors (Lipinski definition) is 9. The molecule has 5 rings (SSSR count). The topological polar surface area (TPSA) is 114 Å². The van der Waals surface area contributed by atoms with E-state index in [1.807, 2.05) is 6.07 Å². The minimum Gasteiger partial charge on any atom is -0.408 e. The van der Waals surface area contributed by atoms with Gasteiger partial charge in [0, 0.05) is 52.5 Å². The van der Waals surface area contributed by atoms with Gasteiger partial charge in [-0.05, 0) is 24.3 Å². The summed E-state index contributed by atoms with van der Waals surface area (Å²) in [5.74, 6) is 0.928. The van der Waals surface area contributed by atoms with E-state index in [0.717, 1.165) is 18.9 Å². The first-order valence-corrected chi connectivity index (χ1v) is 11.9. The summed E-state index contributed by atoms with van der Waals surface area (Å²) in [5.41, 5.74) is 0.812. The second kappa shape index (κ2) is 8.19. The molecule has 2 aliphatic rings. The lowest BCUT2D eigenvalue weighted by Gasteiger charge is -2.35. The normalized spacial score (nSPS) is 18.4. The number of aromatic nitrogens is 3. The fourth-order valence-electron chi connectivity index (χ4n) is 4.00. The van der Waals surface area contributed by atoms with E-state index in [9.17, 15) is 13.2 Å². The molecule has 12 heteroatoms. The van der Waals surface area contributed by atoms with Crippen LogP contribution in [0.25, 0.3) is 11.1 Å². The Hall–Kier alpha value is -2.96. The van der Waals surface area contributed by atoms with Crippen LogP contribution in [0.4, 0.5) is 11.8 Å². The lowest BCUT2D eigenvalue weighted by atomic mass is 10.3. The highest BCUT2D eigenvalue weighted by molar-refractivity contribution is 7.89. The second-order valence-corrected chi connectivity index (χ2v) is 9.70. The van der Waals surface area contributed by atoms with Crippen molar-refractivity contribution in [2.75, 3.05) is 62.3 Å².